The zero-order valence-electron chi connectivity index (χ0n) is 19.0. The average molecular weight is 402 g/mol. The lowest BCUT2D eigenvalue weighted by atomic mass is 9.85. The highest BCUT2D eigenvalue weighted by Gasteiger charge is 2.45. The molecule has 0 aliphatic heterocycles. The summed E-state index contributed by atoms with van der Waals surface area (Å²) < 4.78 is 0.130. The minimum atomic E-state index is -1.64. The molecule has 28 heavy (non-hydrogen) atoms. The Bertz CT molecular complexity index is 393. The molecule has 0 bridgehead atoms. The highest BCUT2D eigenvalue weighted by molar-refractivity contribution is 5.75. The minimum Gasteiger partial charge on any atom is -0.544 e. The maximum atomic E-state index is 11.8. The number of carbonyl (C=O) groups is 1. The summed E-state index contributed by atoms with van der Waals surface area (Å²) in [5, 5.41) is 30.6. The van der Waals surface area contributed by atoms with Crippen LogP contribution in [0.25, 0.3) is 0 Å². The van der Waals surface area contributed by atoms with E-state index in [1.54, 1.807) is 21.1 Å². The largest absolute Gasteiger partial charge is 0.544 e. The Morgan fingerprint density at radius 2 is 1.14 bits per heavy atom. The molecular formula is C23H47NO4. The van der Waals surface area contributed by atoms with Crippen molar-refractivity contribution in [3.63, 3.8) is 0 Å². The van der Waals surface area contributed by atoms with Crippen LogP contribution < -0.4 is 5.11 Å². The molecule has 5 heteroatoms. The van der Waals surface area contributed by atoms with E-state index in [4.69, 9.17) is 0 Å². The molecule has 2 N–H and O–H groups in total. The SMILES string of the molecule is CCCCCCCCCCCCCCCCC(CC(O)O)(C(=O)[O-])[N+](C)(C)C. The van der Waals surface area contributed by atoms with Crippen LogP contribution in [0.2, 0.25) is 0 Å². The van der Waals surface area contributed by atoms with Crippen molar-refractivity contribution in [2.24, 2.45) is 0 Å². The summed E-state index contributed by atoms with van der Waals surface area (Å²) in [6.07, 6.45) is 16.1. The summed E-state index contributed by atoms with van der Waals surface area (Å²) in [6, 6.07) is 0. The smallest absolute Gasteiger partial charge is 0.157 e. The Kier molecular flexibility index (Phi) is 14.9. The van der Waals surface area contributed by atoms with Gasteiger partial charge in [-0.1, -0.05) is 90.4 Å². The number of carboxylic acids is 1. The van der Waals surface area contributed by atoms with Crippen molar-refractivity contribution in [2.75, 3.05) is 21.1 Å². The Morgan fingerprint density at radius 3 is 1.43 bits per heavy atom. The first kappa shape index (κ1) is 27.4. The highest BCUT2D eigenvalue weighted by atomic mass is 16.5. The van der Waals surface area contributed by atoms with Crippen LogP contribution in [0.5, 0.6) is 0 Å². The third-order valence-corrected chi connectivity index (χ3v) is 6.13. The zero-order valence-corrected chi connectivity index (χ0v) is 19.0. The van der Waals surface area contributed by atoms with Crippen LogP contribution in [0, 0.1) is 0 Å². The number of rotatable bonds is 19. The van der Waals surface area contributed by atoms with E-state index in [1.165, 1.54) is 70.6 Å². The van der Waals surface area contributed by atoms with E-state index in [0.717, 1.165) is 19.3 Å². The second-order valence-electron chi connectivity index (χ2n) is 9.36. The summed E-state index contributed by atoms with van der Waals surface area (Å²) in [4.78, 5) is 11.8. The lowest BCUT2D eigenvalue weighted by molar-refractivity contribution is -0.918. The van der Waals surface area contributed by atoms with Crippen molar-refractivity contribution in [1.29, 1.82) is 0 Å². The summed E-state index contributed by atoms with van der Waals surface area (Å²) in [5.74, 6) is -1.19. The number of carboxylic acid groups (broad SMARTS) is 1. The number of quaternary nitrogens is 1. The van der Waals surface area contributed by atoms with Gasteiger partial charge >= 0.3 is 0 Å². The third kappa shape index (κ3) is 11.4. The van der Waals surface area contributed by atoms with Gasteiger partial charge in [0.05, 0.1) is 27.6 Å². The molecule has 0 amide bonds. The molecule has 1 unspecified atom stereocenters. The molecule has 168 valence electrons. The first-order valence-electron chi connectivity index (χ1n) is 11.6. The molecule has 0 aromatic heterocycles. The predicted octanol–water partition coefficient (Wildman–Crippen LogP) is 3.75. The Hall–Kier alpha value is -0.650. The first-order chi connectivity index (χ1) is 13.2. The first-order valence-corrected chi connectivity index (χ1v) is 11.6. The fourth-order valence-corrected chi connectivity index (χ4v) is 4.08. The maximum Gasteiger partial charge on any atom is 0.157 e. The Morgan fingerprint density at radius 1 is 0.786 bits per heavy atom. The third-order valence-electron chi connectivity index (χ3n) is 6.13. The van der Waals surface area contributed by atoms with Gasteiger partial charge in [0, 0.05) is 6.42 Å². The molecule has 0 saturated heterocycles. The van der Waals surface area contributed by atoms with Gasteiger partial charge in [0.2, 0.25) is 0 Å². The van der Waals surface area contributed by atoms with Crippen LogP contribution in [0.4, 0.5) is 0 Å². The summed E-state index contributed by atoms with van der Waals surface area (Å²) in [7, 11) is 5.34. The van der Waals surface area contributed by atoms with Crippen LogP contribution in [0.3, 0.4) is 0 Å². The average Bonchev–Trinajstić information content (AvgIpc) is 2.59. The molecule has 0 aliphatic rings. The number of hydrogen-bond acceptors (Lipinski definition) is 4. The van der Waals surface area contributed by atoms with E-state index in [9.17, 15) is 20.1 Å². The van der Waals surface area contributed by atoms with Crippen molar-refractivity contribution in [1.82, 2.24) is 0 Å². The highest BCUT2D eigenvalue weighted by Crippen LogP contribution is 2.30. The minimum absolute atomic E-state index is 0.130. The number of unbranched alkanes of at least 4 members (excludes halogenated alkanes) is 13. The van der Waals surface area contributed by atoms with Crippen molar-refractivity contribution >= 4 is 5.97 Å². The maximum absolute atomic E-state index is 11.8. The number of aliphatic hydroxyl groups is 2. The van der Waals surface area contributed by atoms with Gasteiger partial charge in [0.15, 0.2) is 6.29 Å². The summed E-state index contributed by atoms with van der Waals surface area (Å²) in [5.41, 5.74) is -1.26. The molecule has 0 fully saturated rings. The molecule has 0 heterocycles. The number of carbonyl (C=O) groups excluding carboxylic acids is 1. The number of nitrogens with zero attached hydrogens (tertiary/aromatic N) is 1. The monoisotopic (exact) mass is 401 g/mol. The van der Waals surface area contributed by atoms with E-state index in [2.05, 4.69) is 6.92 Å². The molecule has 0 aliphatic carbocycles. The Balaban J connectivity index is 3.88. The number of hydrogen-bond donors (Lipinski definition) is 2. The molecule has 0 radical (unpaired) electrons. The van der Waals surface area contributed by atoms with Crippen molar-refractivity contribution in [3.05, 3.63) is 0 Å². The van der Waals surface area contributed by atoms with Crippen LogP contribution in [-0.2, 0) is 4.79 Å². The molecule has 5 nitrogen and oxygen atoms in total. The lowest BCUT2D eigenvalue weighted by Crippen LogP contribution is -2.67. The van der Waals surface area contributed by atoms with Crippen LogP contribution in [0.15, 0.2) is 0 Å². The fraction of sp³-hybridized carbons (Fsp3) is 0.957. The van der Waals surface area contributed by atoms with E-state index in [0.29, 0.717) is 6.42 Å². The predicted molar refractivity (Wildman–Crippen MR) is 114 cm³/mol. The van der Waals surface area contributed by atoms with E-state index >= 15 is 0 Å². The number of likely N-dealkylation sites (N-methyl/N-ethyl adjacent to an activating group) is 1. The van der Waals surface area contributed by atoms with Gasteiger partial charge in [0.1, 0.15) is 11.5 Å². The summed E-state index contributed by atoms with van der Waals surface area (Å²) in [6.45, 7) is 2.25. The van der Waals surface area contributed by atoms with Gasteiger partial charge in [-0.15, -0.1) is 0 Å². The van der Waals surface area contributed by atoms with Crippen molar-refractivity contribution in [3.8, 4) is 0 Å². The van der Waals surface area contributed by atoms with E-state index < -0.39 is 17.8 Å². The Labute approximate surface area is 173 Å². The standard InChI is InChI=1S/C23H47NO4/c1-5-6-7-8-9-10-11-12-13-14-15-16-17-18-19-23(22(27)28,20-21(25)26)24(2,3)4/h21,25-26H,5-20H2,1-4H3. The molecule has 0 rings (SSSR count). The second-order valence-corrected chi connectivity index (χ2v) is 9.36. The van der Waals surface area contributed by atoms with Gasteiger partial charge in [-0.2, -0.15) is 0 Å². The summed E-state index contributed by atoms with van der Waals surface area (Å²) >= 11 is 0. The van der Waals surface area contributed by atoms with E-state index in [-0.39, 0.29) is 10.9 Å². The van der Waals surface area contributed by atoms with Gasteiger partial charge in [-0.3, -0.25) is 0 Å². The number of aliphatic hydroxyl groups excluding tert-OH is 1. The van der Waals surface area contributed by atoms with Crippen LogP contribution in [-0.4, -0.2) is 53.6 Å². The topological polar surface area (TPSA) is 80.6 Å². The van der Waals surface area contributed by atoms with Crippen molar-refractivity contribution < 1.29 is 24.6 Å². The molecule has 0 aromatic rings. The molecular weight excluding hydrogens is 354 g/mol. The van der Waals surface area contributed by atoms with Gasteiger partial charge in [-0.25, -0.2) is 0 Å². The van der Waals surface area contributed by atoms with Gasteiger partial charge < -0.3 is 24.6 Å². The van der Waals surface area contributed by atoms with E-state index in [1.807, 2.05) is 0 Å². The fourth-order valence-electron chi connectivity index (χ4n) is 4.08. The van der Waals surface area contributed by atoms with Crippen molar-refractivity contribution in [2.45, 2.75) is 121 Å². The molecule has 0 spiro atoms. The lowest BCUT2D eigenvalue weighted by Gasteiger charge is -2.47. The van der Waals surface area contributed by atoms with Gasteiger partial charge in [-0.05, 0) is 6.42 Å². The normalized spacial score (nSPS) is 14.4. The van der Waals surface area contributed by atoms with Crippen LogP contribution in [0.1, 0.15) is 110 Å². The molecule has 0 aromatic carbocycles. The van der Waals surface area contributed by atoms with Crippen LogP contribution >= 0.6 is 0 Å². The zero-order chi connectivity index (χ0) is 21.5. The molecule has 1 atom stereocenters. The quantitative estimate of drug-likeness (QED) is 0.196. The second kappa shape index (κ2) is 15.2. The van der Waals surface area contributed by atoms with Gasteiger partial charge in [0.25, 0.3) is 0 Å². The molecule has 0 saturated carbocycles. The number of aliphatic carboxylic acids is 1.